The molecule has 8 heteroatoms. The van der Waals surface area contributed by atoms with E-state index in [2.05, 4.69) is 22.2 Å². The number of nitrogens with one attached hydrogen (secondary N) is 3. The third-order valence-corrected chi connectivity index (χ3v) is 5.48. The monoisotopic (exact) mass is 449 g/mol. The van der Waals surface area contributed by atoms with Crippen molar-refractivity contribution in [3.8, 4) is 11.4 Å². The molecule has 3 rings (SSSR count). The Balaban J connectivity index is 2.11. The molecule has 0 saturated heterocycles. The molecule has 0 aliphatic carbocycles. The maximum atomic E-state index is 15.0. The molecule has 0 amide bonds. The number of nitrogens with zero attached hydrogens (tertiary/aromatic N) is 4. The second kappa shape index (κ2) is 10.8. The predicted molar refractivity (Wildman–Crippen MR) is 135 cm³/mol. The van der Waals surface area contributed by atoms with E-state index in [1.165, 1.54) is 6.07 Å². The zero-order chi connectivity index (χ0) is 24.0. The molecule has 174 valence electrons. The standard InChI is InChI=1S/C25H32FN7/c1-6-29-12-11-20(27)16-33-23-10-9-18(17(4)28-5)14-22(23)31-24(33)19-13-21(26)25(30-15-19)32(7-2)8-3/h9-15,27-29H,4,6-8,16H2,1-3,5H3/b12-11-,27-20?. The summed E-state index contributed by atoms with van der Waals surface area (Å²) in [6.45, 7) is 12.4. The molecule has 2 heterocycles. The largest absolute Gasteiger partial charge is 0.391 e. The van der Waals surface area contributed by atoms with Crippen LogP contribution in [0.5, 0.6) is 0 Å². The highest BCUT2D eigenvalue weighted by Gasteiger charge is 2.18. The van der Waals surface area contributed by atoms with Crippen molar-refractivity contribution in [3.63, 3.8) is 0 Å². The highest BCUT2D eigenvalue weighted by molar-refractivity contribution is 5.94. The molecule has 3 N–H and O–H groups in total. The van der Waals surface area contributed by atoms with Crippen LogP contribution in [-0.4, -0.2) is 46.9 Å². The van der Waals surface area contributed by atoms with Crippen LogP contribution in [0.1, 0.15) is 26.3 Å². The van der Waals surface area contributed by atoms with E-state index in [1.807, 2.05) is 55.5 Å². The number of hydrogen-bond acceptors (Lipinski definition) is 6. The van der Waals surface area contributed by atoms with Gasteiger partial charge in [-0.15, -0.1) is 0 Å². The molecule has 0 radical (unpaired) electrons. The Labute approximate surface area is 194 Å². The fraction of sp³-hybridized carbons (Fsp3) is 0.320. The third-order valence-electron chi connectivity index (χ3n) is 5.48. The Morgan fingerprint density at radius 2 is 2.00 bits per heavy atom. The van der Waals surface area contributed by atoms with Crippen molar-refractivity contribution in [2.45, 2.75) is 27.3 Å². The van der Waals surface area contributed by atoms with Crippen molar-refractivity contribution in [2.75, 3.05) is 31.6 Å². The second-order valence-corrected chi connectivity index (χ2v) is 7.57. The molecule has 0 fully saturated rings. The number of allylic oxidation sites excluding steroid dienone is 1. The molecule has 0 atom stereocenters. The number of imidazole rings is 1. The van der Waals surface area contributed by atoms with Crippen molar-refractivity contribution in [2.24, 2.45) is 0 Å². The van der Waals surface area contributed by atoms with Crippen LogP contribution in [0.2, 0.25) is 0 Å². The van der Waals surface area contributed by atoms with Crippen LogP contribution in [0, 0.1) is 11.2 Å². The molecule has 0 bridgehead atoms. The Morgan fingerprint density at radius 3 is 2.64 bits per heavy atom. The van der Waals surface area contributed by atoms with Crippen LogP contribution < -0.4 is 15.5 Å². The lowest BCUT2D eigenvalue weighted by atomic mass is 10.1. The van der Waals surface area contributed by atoms with E-state index in [4.69, 9.17) is 10.4 Å². The van der Waals surface area contributed by atoms with Gasteiger partial charge < -0.3 is 25.5 Å². The van der Waals surface area contributed by atoms with Gasteiger partial charge in [-0.25, -0.2) is 14.4 Å². The molecule has 0 aliphatic heterocycles. The van der Waals surface area contributed by atoms with Gasteiger partial charge in [0.05, 0.1) is 23.3 Å². The summed E-state index contributed by atoms with van der Waals surface area (Å²) in [5, 5.41) is 14.5. The molecule has 3 aromatic rings. The Bertz CT molecular complexity index is 1170. The molecule has 0 aliphatic rings. The number of halogens is 1. The van der Waals surface area contributed by atoms with E-state index in [0.29, 0.717) is 42.6 Å². The molecule has 33 heavy (non-hydrogen) atoms. The summed E-state index contributed by atoms with van der Waals surface area (Å²) >= 11 is 0. The smallest absolute Gasteiger partial charge is 0.166 e. The van der Waals surface area contributed by atoms with E-state index >= 15 is 4.39 Å². The molecule has 0 saturated carbocycles. The summed E-state index contributed by atoms with van der Waals surface area (Å²) in [6, 6.07) is 7.34. The van der Waals surface area contributed by atoms with E-state index in [1.54, 1.807) is 18.5 Å². The third kappa shape index (κ3) is 5.22. The van der Waals surface area contributed by atoms with Gasteiger partial charge in [0.2, 0.25) is 0 Å². The Morgan fingerprint density at radius 1 is 1.24 bits per heavy atom. The summed E-state index contributed by atoms with van der Waals surface area (Å²) < 4.78 is 16.9. The first-order valence-corrected chi connectivity index (χ1v) is 11.2. The lowest BCUT2D eigenvalue weighted by Crippen LogP contribution is -2.24. The maximum absolute atomic E-state index is 15.0. The molecule has 2 aromatic heterocycles. The lowest BCUT2D eigenvalue weighted by Gasteiger charge is -2.20. The van der Waals surface area contributed by atoms with Crippen LogP contribution in [-0.2, 0) is 6.54 Å². The van der Waals surface area contributed by atoms with Crippen LogP contribution in [0.25, 0.3) is 28.1 Å². The first kappa shape index (κ1) is 24.0. The number of hydrogen-bond donors (Lipinski definition) is 3. The number of anilines is 1. The summed E-state index contributed by atoms with van der Waals surface area (Å²) in [7, 11) is 1.82. The number of pyridine rings is 1. The molecule has 0 unspecified atom stereocenters. The summed E-state index contributed by atoms with van der Waals surface area (Å²) in [4.78, 5) is 11.1. The highest BCUT2D eigenvalue weighted by atomic mass is 19.1. The molecule has 0 spiro atoms. The Kier molecular flexibility index (Phi) is 7.82. The van der Waals surface area contributed by atoms with E-state index in [0.717, 1.165) is 28.8 Å². The second-order valence-electron chi connectivity index (χ2n) is 7.57. The minimum absolute atomic E-state index is 0.291. The Hall–Kier alpha value is -3.68. The average molecular weight is 450 g/mol. The van der Waals surface area contributed by atoms with E-state index in [9.17, 15) is 0 Å². The van der Waals surface area contributed by atoms with Crippen molar-refractivity contribution in [1.29, 1.82) is 5.41 Å². The zero-order valence-electron chi connectivity index (χ0n) is 19.7. The maximum Gasteiger partial charge on any atom is 0.166 e. The van der Waals surface area contributed by atoms with Gasteiger partial charge in [-0.05, 0) is 56.8 Å². The van der Waals surface area contributed by atoms with Crippen molar-refractivity contribution in [3.05, 3.63) is 60.7 Å². The van der Waals surface area contributed by atoms with Gasteiger partial charge in [0.25, 0.3) is 0 Å². The minimum atomic E-state index is -0.388. The topological polar surface area (TPSA) is 81.9 Å². The fourth-order valence-corrected chi connectivity index (χ4v) is 3.65. The van der Waals surface area contributed by atoms with Gasteiger partial charge in [-0.2, -0.15) is 0 Å². The number of benzene rings is 1. The van der Waals surface area contributed by atoms with Gasteiger partial charge in [0.15, 0.2) is 11.6 Å². The highest BCUT2D eigenvalue weighted by Crippen LogP contribution is 2.29. The number of fused-ring (bicyclic) bond motifs is 1. The number of rotatable bonds is 11. The van der Waals surface area contributed by atoms with Crippen LogP contribution in [0.3, 0.4) is 0 Å². The lowest BCUT2D eigenvalue weighted by molar-refractivity contribution is 0.612. The predicted octanol–water partition coefficient (Wildman–Crippen LogP) is 4.42. The first-order chi connectivity index (χ1) is 15.9. The zero-order valence-corrected chi connectivity index (χ0v) is 19.7. The van der Waals surface area contributed by atoms with E-state index < -0.39 is 0 Å². The minimum Gasteiger partial charge on any atom is -0.391 e. The van der Waals surface area contributed by atoms with Crippen molar-refractivity contribution in [1.82, 2.24) is 25.2 Å². The summed E-state index contributed by atoms with van der Waals surface area (Å²) in [6.07, 6.45) is 5.13. The van der Waals surface area contributed by atoms with Crippen molar-refractivity contribution >= 4 is 28.3 Å². The number of aromatic nitrogens is 3. The van der Waals surface area contributed by atoms with Gasteiger partial charge in [0, 0.05) is 44.1 Å². The molecule has 7 nitrogen and oxygen atoms in total. The molecular weight excluding hydrogens is 417 g/mol. The molecular formula is C25H32FN7. The van der Waals surface area contributed by atoms with Crippen LogP contribution in [0.15, 0.2) is 49.3 Å². The normalized spacial score (nSPS) is 11.2. The van der Waals surface area contributed by atoms with Gasteiger partial charge in [0.1, 0.15) is 5.82 Å². The van der Waals surface area contributed by atoms with E-state index in [-0.39, 0.29) is 5.82 Å². The van der Waals surface area contributed by atoms with Gasteiger partial charge >= 0.3 is 0 Å². The SMILES string of the molecule is C=C(NC)c1ccc2c(c1)nc(-c1cnc(N(CC)CC)c(F)c1)n2CC(=N)/C=C\NCC. The average Bonchev–Trinajstić information content (AvgIpc) is 3.17. The first-order valence-electron chi connectivity index (χ1n) is 11.2. The summed E-state index contributed by atoms with van der Waals surface area (Å²) in [5.74, 6) is 0.512. The van der Waals surface area contributed by atoms with Crippen LogP contribution in [0.4, 0.5) is 10.2 Å². The summed E-state index contributed by atoms with van der Waals surface area (Å²) in [5.41, 5.74) is 4.27. The van der Waals surface area contributed by atoms with Gasteiger partial charge in [-0.1, -0.05) is 12.6 Å². The van der Waals surface area contributed by atoms with Crippen LogP contribution >= 0.6 is 0 Å². The molecule has 1 aromatic carbocycles. The quantitative estimate of drug-likeness (QED) is 0.378. The fourth-order valence-electron chi connectivity index (χ4n) is 3.65. The van der Waals surface area contributed by atoms with Gasteiger partial charge in [-0.3, -0.25) is 0 Å². The van der Waals surface area contributed by atoms with Crippen molar-refractivity contribution < 1.29 is 4.39 Å².